The molecule has 0 radical (unpaired) electrons. The average Bonchev–Trinajstić information content (AvgIpc) is 2.94. The summed E-state index contributed by atoms with van der Waals surface area (Å²) >= 11 is 11.8. The molecule has 132 valence electrons. The van der Waals surface area contributed by atoms with Gasteiger partial charge < -0.3 is 4.90 Å². The van der Waals surface area contributed by atoms with Gasteiger partial charge in [-0.05, 0) is 42.3 Å². The number of carbonyl (C=O) groups excluding carboxylic acids is 1. The second-order valence-corrected chi connectivity index (χ2v) is 8.35. The van der Waals surface area contributed by atoms with Crippen molar-refractivity contribution in [3.05, 3.63) is 57.6 Å². The van der Waals surface area contributed by atoms with Crippen molar-refractivity contribution in [2.75, 3.05) is 18.5 Å². The third-order valence-corrected chi connectivity index (χ3v) is 6.18. The number of nitrogens with zero attached hydrogens (tertiary/aromatic N) is 2. The molecule has 0 fully saturated rings. The molecule has 2 aromatic carbocycles. The number of anilines is 1. The van der Waals surface area contributed by atoms with E-state index in [2.05, 4.69) is 0 Å². The number of hydrogen-bond acceptors (Lipinski definition) is 5. The van der Waals surface area contributed by atoms with Crippen LogP contribution >= 0.6 is 23.2 Å². The van der Waals surface area contributed by atoms with E-state index < -0.39 is 15.9 Å². The Hall–Kier alpha value is -1.80. The van der Waals surface area contributed by atoms with E-state index in [1.807, 2.05) is 11.9 Å². The summed E-state index contributed by atoms with van der Waals surface area (Å²) in [5.41, 5.74) is 1.82. The smallest absolute Gasteiger partial charge is 0.283 e. The van der Waals surface area contributed by atoms with Crippen LogP contribution in [-0.2, 0) is 16.4 Å². The summed E-state index contributed by atoms with van der Waals surface area (Å²) in [6.07, 6.45) is 0.845. The molecular formula is C16H15Cl2N3O3S. The lowest BCUT2D eigenvalue weighted by Gasteiger charge is -2.19. The minimum Gasteiger partial charge on any atom is -0.374 e. The zero-order chi connectivity index (χ0) is 18.4. The quantitative estimate of drug-likeness (QED) is 0.487. The number of fused-ring (bicyclic) bond motifs is 1. The van der Waals surface area contributed by atoms with Gasteiger partial charge in [0.1, 0.15) is 0 Å². The standard InChI is InChI=1S/C16H15Cl2N3O3S/c1-20-7-6-10-2-4-12(9-15(10)20)25(23,24)21(19)16(22)13-5-3-11(17)8-14(13)18/h2-5,8-9H,6-7,19H2,1H3. The molecule has 0 aliphatic carbocycles. The lowest BCUT2D eigenvalue weighted by atomic mass is 10.2. The van der Waals surface area contributed by atoms with Gasteiger partial charge in [-0.25, -0.2) is 5.84 Å². The highest BCUT2D eigenvalue weighted by atomic mass is 35.5. The molecule has 2 N–H and O–H groups in total. The van der Waals surface area contributed by atoms with Crippen LogP contribution in [0.1, 0.15) is 15.9 Å². The fourth-order valence-corrected chi connectivity index (χ4v) is 4.22. The van der Waals surface area contributed by atoms with Gasteiger partial charge >= 0.3 is 0 Å². The third-order valence-electron chi connectivity index (χ3n) is 4.10. The number of nitrogens with two attached hydrogens (primary N) is 1. The zero-order valence-corrected chi connectivity index (χ0v) is 15.6. The van der Waals surface area contributed by atoms with Gasteiger partial charge in [-0.3, -0.25) is 4.79 Å². The van der Waals surface area contributed by atoms with Crippen LogP contribution in [0.25, 0.3) is 0 Å². The van der Waals surface area contributed by atoms with Crippen molar-refractivity contribution < 1.29 is 13.2 Å². The molecule has 1 aliphatic heterocycles. The number of hydrogen-bond donors (Lipinski definition) is 1. The predicted octanol–water partition coefficient (Wildman–Crippen LogP) is 2.69. The van der Waals surface area contributed by atoms with E-state index in [0.29, 0.717) is 5.02 Å². The first-order valence-corrected chi connectivity index (χ1v) is 9.55. The minimum atomic E-state index is -4.21. The van der Waals surface area contributed by atoms with E-state index in [0.717, 1.165) is 24.2 Å². The Morgan fingerprint density at radius 3 is 2.60 bits per heavy atom. The number of amides is 1. The third kappa shape index (κ3) is 3.20. The van der Waals surface area contributed by atoms with Crippen LogP contribution in [0.4, 0.5) is 5.69 Å². The van der Waals surface area contributed by atoms with Gasteiger partial charge in [0.25, 0.3) is 15.9 Å². The fraction of sp³-hybridized carbons (Fsp3) is 0.188. The second kappa shape index (κ2) is 6.49. The van der Waals surface area contributed by atoms with Gasteiger partial charge in [-0.1, -0.05) is 29.3 Å². The van der Waals surface area contributed by atoms with E-state index in [-0.39, 0.29) is 19.9 Å². The number of halogens is 2. The molecule has 6 nitrogen and oxygen atoms in total. The molecule has 0 saturated heterocycles. The van der Waals surface area contributed by atoms with Gasteiger partial charge in [0.15, 0.2) is 0 Å². The largest absolute Gasteiger partial charge is 0.374 e. The summed E-state index contributed by atoms with van der Waals surface area (Å²) in [7, 11) is -2.34. The van der Waals surface area contributed by atoms with Crippen molar-refractivity contribution in [2.24, 2.45) is 5.84 Å². The van der Waals surface area contributed by atoms with Crippen LogP contribution < -0.4 is 10.7 Å². The minimum absolute atomic E-state index is 0.0248. The number of sulfonamides is 1. The van der Waals surface area contributed by atoms with Crippen LogP contribution in [0.5, 0.6) is 0 Å². The van der Waals surface area contributed by atoms with Crippen LogP contribution in [-0.4, -0.2) is 32.3 Å². The predicted molar refractivity (Wildman–Crippen MR) is 97.4 cm³/mol. The average molecular weight is 400 g/mol. The summed E-state index contributed by atoms with van der Waals surface area (Å²) in [6.45, 7) is 0.810. The Labute approximate surface area is 155 Å². The van der Waals surface area contributed by atoms with Crippen LogP contribution in [0.15, 0.2) is 41.3 Å². The highest BCUT2D eigenvalue weighted by Crippen LogP contribution is 2.30. The lowest BCUT2D eigenvalue weighted by Crippen LogP contribution is -2.42. The summed E-state index contributed by atoms with van der Waals surface area (Å²) in [5, 5.41) is 0.353. The molecule has 1 amide bonds. The van der Waals surface area contributed by atoms with Crippen molar-refractivity contribution in [2.45, 2.75) is 11.3 Å². The number of likely N-dealkylation sites (N-methyl/N-ethyl adjacent to an activating group) is 1. The molecule has 1 aliphatic rings. The summed E-state index contributed by atoms with van der Waals surface area (Å²) in [5.74, 6) is 4.70. The summed E-state index contributed by atoms with van der Waals surface area (Å²) < 4.78 is 25.7. The molecule has 0 bridgehead atoms. The molecule has 0 atom stereocenters. The zero-order valence-electron chi connectivity index (χ0n) is 13.2. The highest BCUT2D eigenvalue weighted by molar-refractivity contribution is 7.89. The Balaban J connectivity index is 1.97. The maximum atomic E-state index is 12.7. The van der Waals surface area contributed by atoms with Crippen LogP contribution in [0.3, 0.4) is 0 Å². The van der Waals surface area contributed by atoms with Gasteiger partial charge in [0.2, 0.25) is 0 Å². The first-order valence-electron chi connectivity index (χ1n) is 7.35. The topological polar surface area (TPSA) is 83.7 Å². The first-order chi connectivity index (χ1) is 11.7. The van der Waals surface area contributed by atoms with Crippen molar-refractivity contribution >= 4 is 44.8 Å². The van der Waals surface area contributed by atoms with Crippen LogP contribution in [0, 0.1) is 0 Å². The molecule has 3 rings (SSSR count). The van der Waals surface area contributed by atoms with Crippen molar-refractivity contribution in [3.63, 3.8) is 0 Å². The van der Waals surface area contributed by atoms with Gasteiger partial charge in [-0.2, -0.15) is 12.8 Å². The maximum Gasteiger partial charge on any atom is 0.283 e. The fourth-order valence-electron chi connectivity index (χ4n) is 2.68. The Bertz CT molecular complexity index is 963. The molecule has 0 spiro atoms. The number of hydrazine groups is 1. The first kappa shape index (κ1) is 18.0. The molecule has 25 heavy (non-hydrogen) atoms. The van der Waals surface area contributed by atoms with Gasteiger partial charge in [0, 0.05) is 24.3 Å². The number of benzene rings is 2. The van der Waals surface area contributed by atoms with E-state index >= 15 is 0 Å². The molecule has 0 unspecified atom stereocenters. The molecule has 0 aromatic heterocycles. The lowest BCUT2D eigenvalue weighted by molar-refractivity contribution is 0.0861. The van der Waals surface area contributed by atoms with Crippen molar-refractivity contribution in [1.82, 2.24) is 4.41 Å². The molecule has 0 saturated carbocycles. The van der Waals surface area contributed by atoms with Gasteiger partial charge in [0.05, 0.1) is 15.5 Å². The van der Waals surface area contributed by atoms with Crippen molar-refractivity contribution in [1.29, 1.82) is 0 Å². The molecule has 9 heteroatoms. The van der Waals surface area contributed by atoms with E-state index in [9.17, 15) is 13.2 Å². The van der Waals surface area contributed by atoms with Crippen LogP contribution in [0.2, 0.25) is 10.0 Å². The molecule has 2 aromatic rings. The molecular weight excluding hydrogens is 385 g/mol. The van der Waals surface area contributed by atoms with E-state index in [1.54, 1.807) is 6.07 Å². The Morgan fingerprint density at radius 2 is 1.92 bits per heavy atom. The molecule has 1 heterocycles. The number of carbonyl (C=O) groups is 1. The second-order valence-electron chi connectivity index (χ2n) is 5.69. The monoisotopic (exact) mass is 399 g/mol. The SMILES string of the molecule is CN1CCc2ccc(S(=O)(=O)N(N)C(=O)c3ccc(Cl)cc3Cl)cc21. The summed E-state index contributed by atoms with van der Waals surface area (Å²) in [6, 6.07) is 8.82. The Morgan fingerprint density at radius 1 is 1.20 bits per heavy atom. The number of rotatable bonds is 3. The van der Waals surface area contributed by atoms with E-state index in [4.69, 9.17) is 29.0 Å². The maximum absolute atomic E-state index is 12.7. The Kier molecular flexibility index (Phi) is 4.68. The van der Waals surface area contributed by atoms with Crippen molar-refractivity contribution in [3.8, 4) is 0 Å². The summed E-state index contributed by atoms with van der Waals surface area (Å²) in [4.78, 5) is 14.4. The van der Waals surface area contributed by atoms with Gasteiger partial charge in [-0.15, -0.1) is 0 Å². The normalized spacial score (nSPS) is 13.7. The highest BCUT2D eigenvalue weighted by Gasteiger charge is 2.30. The van der Waals surface area contributed by atoms with E-state index in [1.165, 1.54) is 30.3 Å².